The number of hydrogen-bond donors (Lipinski definition) is 2. The molecule has 2 heterocycles. The molecule has 6 heteroatoms. The molecule has 6 nitrogen and oxygen atoms in total. The highest BCUT2D eigenvalue weighted by molar-refractivity contribution is 5.75. The fourth-order valence-electron chi connectivity index (χ4n) is 2.58. The van der Waals surface area contributed by atoms with Crippen LogP contribution >= 0.6 is 0 Å². The van der Waals surface area contributed by atoms with Crippen molar-refractivity contribution in [2.45, 2.75) is 39.3 Å². The van der Waals surface area contributed by atoms with Crippen molar-refractivity contribution in [3.63, 3.8) is 0 Å². The summed E-state index contributed by atoms with van der Waals surface area (Å²) in [5.41, 5.74) is 1.89. The predicted octanol–water partition coefficient (Wildman–Crippen LogP) is 1.78. The summed E-state index contributed by atoms with van der Waals surface area (Å²) in [6.07, 6.45) is 2.77. The molecule has 114 valence electrons. The van der Waals surface area contributed by atoms with Crippen LogP contribution in [0, 0.1) is 12.8 Å². The SMILES string of the molecule is Cc1ccc(CNC(=O)N2CCC(C(=O)O)CC2C)cn1. The van der Waals surface area contributed by atoms with Crippen LogP contribution in [0.4, 0.5) is 4.79 Å². The number of carboxylic acid groups (broad SMARTS) is 1. The highest BCUT2D eigenvalue weighted by Crippen LogP contribution is 2.22. The third-order valence-electron chi connectivity index (χ3n) is 3.90. The minimum absolute atomic E-state index is 0.0593. The summed E-state index contributed by atoms with van der Waals surface area (Å²) in [7, 11) is 0. The Morgan fingerprint density at radius 3 is 2.81 bits per heavy atom. The number of nitrogens with one attached hydrogen (secondary N) is 1. The van der Waals surface area contributed by atoms with Crippen LogP contribution in [0.3, 0.4) is 0 Å². The van der Waals surface area contributed by atoms with Gasteiger partial charge < -0.3 is 15.3 Å². The highest BCUT2D eigenvalue weighted by Gasteiger charge is 2.31. The number of aromatic nitrogens is 1. The summed E-state index contributed by atoms with van der Waals surface area (Å²) in [5.74, 6) is -1.11. The zero-order valence-corrected chi connectivity index (χ0v) is 12.4. The number of hydrogen-bond acceptors (Lipinski definition) is 3. The van der Waals surface area contributed by atoms with Crippen LogP contribution in [-0.4, -0.2) is 39.6 Å². The molecule has 0 radical (unpaired) electrons. The molecule has 0 aromatic carbocycles. The van der Waals surface area contributed by atoms with Crippen LogP contribution in [0.5, 0.6) is 0 Å². The standard InChI is InChI=1S/C15H21N3O3/c1-10-3-4-12(8-16-10)9-17-15(21)18-6-5-13(14(19)20)7-11(18)2/h3-4,8,11,13H,5-7,9H2,1-2H3,(H,17,21)(H,19,20). The lowest BCUT2D eigenvalue weighted by Crippen LogP contribution is -2.50. The Kier molecular flexibility index (Phi) is 4.77. The second-order valence-corrected chi connectivity index (χ2v) is 5.57. The Bertz CT molecular complexity index is 515. The number of likely N-dealkylation sites (tertiary alicyclic amines) is 1. The zero-order valence-electron chi connectivity index (χ0n) is 12.4. The van der Waals surface area contributed by atoms with E-state index in [2.05, 4.69) is 10.3 Å². The smallest absolute Gasteiger partial charge is 0.317 e. The Balaban J connectivity index is 1.86. The third kappa shape index (κ3) is 3.93. The van der Waals surface area contributed by atoms with Crippen molar-refractivity contribution in [1.29, 1.82) is 0 Å². The highest BCUT2D eigenvalue weighted by atomic mass is 16.4. The van der Waals surface area contributed by atoms with Crippen LogP contribution in [0.25, 0.3) is 0 Å². The van der Waals surface area contributed by atoms with Gasteiger partial charge in [-0.1, -0.05) is 6.07 Å². The maximum absolute atomic E-state index is 12.2. The van der Waals surface area contributed by atoms with E-state index in [9.17, 15) is 9.59 Å². The average molecular weight is 291 g/mol. The molecule has 1 fully saturated rings. The topological polar surface area (TPSA) is 82.5 Å². The number of nitrogens with zero attached hydrogens (tertiary/aromatic N) is 2. The second-order valence-electron chi connectivity index (χ2n) is 5.57. The number of carbonyl (C=O) groups excluding carboxylic acids is 1. The van der Waals surface area contributed by atoms with Gasteiger partial charge in [-0.3, -0.25) is 9.78 Å². The number of pyridine rings is 1. The van der Waals surface area contributed by atoms with Crippen molar-refractivity contribution in [3.05, 3.63) is 29.6 Å². The second kappa shape index (κ2) is 6.56. The number of aliphatic carboxylic acids is 1. The van der Waals surface area contributed by atoms with Gasteiger partial charge in [0, 0.05) is 31.0 Å². The number of amides is 2. The predicted molar refractivity (Wildman–Crippen MR) is 77.7 cm³/mol. The Morgan fingerprint density at radius 1 is 1.48 bits per heavy atom. The molecule has 2 rings (SSSR count). The van der Waals surface area contributed by atoms with Gasteiger partial charge >= 0.3 is 12.0 Å². The summed E-state index contributed by atoms with van der Waals surface area (Å²) in [4.78, 5) is 29.1. The fraction of sp³-hybridized carbons (Fsp3) is 0.533. The lowest BCUT2D eigenvalue weighted by Gasteiger charge is -2.36. The van der Waals surface area contributed by atoms with Crippen molar-refractivity contribution in [2.24, 2.45) is 5.92 Å². The van der Waals surface area contributed by atoms with Crippen LogP contribution < -0.4 is 5.32 Å². The lowest BCUT2D eigenvalue weighted by atomic mass is 9.92. The van der Waals surface area contributed by atoms with Crippen molar-refractivity contribution in [3.8, 4) is 0 Å². The van der Waals surface area contributed by atoms with E-state index < -0.39 is 5.97 Å². The van der Waals surface area contributed by atoms with E-state index in [0.717, 1.165) is 11.3 Å². The zero-order chi connectivity index (χ0) is 15.4. The quantitative estimate of drug-likeness (QED) is 0.889. The molecule has 1 aromatic rings. The van der Waals surface area contributed by atoms with E-state index in [1.165, 1.54) is 0 Å². The summed E-state index contributed by atoms with van der Waals surface area (Å²) in [6.45, 7) is 4.71. The number of aryl methyl sites for hydroxylation is 1. The first-order valence-corrected chi connectivity index (χ1v) is 7.16. The van der Waals surface area contributed by atoms with Crippen LogP contribution in [0.1, 0.15) is 31.0 Å². The monoisotopic (exact) mass is 291 g/mol. The van der Waals surface area contributed by atoms with Crippen molar-refractivity contribution in [2.75, 3.05) is 6.54 Å². The van der Waals surface area contributed by atoms with E-state index in [0.29, 0.717) is 25.9 Å². The molecular weight excluding hydrogens is 270 g/mol. The van der Waals surface area contributed by atoms with Gasteiger partial charge in [0.05, 0.1) is 5.92 Å². The Morgan fingerprint density at radius 2 is 2.24 bits per heavy atom. The molecule has 2 amide bonds. The minimum atomic E-state index is -0.771. The molecule has 2 N–H and O–H groups in total. The maximum Gasteiger partial charge on any atom is 0.317 e. The van der Waals surface area contributed by atoms with Crippen LogP contribution in [0.2, 0.25) is 0 Å². The van der Waals surface area contributed by atoms with Crippen LogP contribution in [0.15, 0.2) is 18.3 Å². The van der Waals surface area contributed by atoms with Gasteiger partial charge in [-0.05, 0) is 38.3 Å². The van der Waals surface area contributed by atoms with Gasteiger partial charge in [0.25, 0.3) is 0 Å². The third-order valence-corrected chi connectivity index (χ3v) is 3.90. The molecular formula is C15H21N3O3. The fourth-order valence-corrected chi connectivity index (χ4v) is 2.58. The van der Waals surface area contributed by atoms with Gasteiger partial charge in [0.15, 0.2) is 0 Å². The molecule has 0 saturated carbocycles. The first kappa shape index (κ1) is 15.3. The van der Waals surface area contributed by atoms with Gasteiger partial charge in [-0.15, -0.1) is 0 Å². The molecule has 1 saturated heterocycles. The average Bonchev–Trinajstić information content (AvgIpc) is 2.46. The van der Waals surface area contributed by atoms with E-state index in [1.54, 1.807) is 11.1 Å². The molecule has 2 atom stereocenters. The number of piperidine rings is 1. The summed E-state index contributed by atoms with van der Waals surface area (Å²) in [5, 5.41) is 11.9. The molecule has 0 aliphatic carbocycles. The lowest BCUT2D eigenvalue weighted by molar-refractivity contribution is -0.143. The molecule has 2 unspecified atom stereocenters. The van der Waals surface area contributed by atoms with Gasteiger partial charge in [0.2, 0.25) is 0 Å². The molecule has 0 bridgehead atoms. The normalized spacial score (nSPS) is 21.9. The van der Waals surface area contributed by atoms with Crippen molar-refractivity contribution >= 4 is 12.0 Å². The van der Waals surface area contributed by atoms with Crippen molar-refractivity contribution < 1.29 is 14.7 Å². The number of urea groups is 1. The summed E-state index contributed by atoms with van der Waals surface area (Å²) >= 11 is 0. The Hall–Kier alpha value is -2.11. The maximum atomic E-state index is 12.2. The van der Waals surface area contributed by atoms with Gasteiger partial charge in [0.1, 0.15) is 0 Å². The number of rotatable bonds is 3. The van der Waals surface area contributed by atoms with E-state index in [1.807, 2.05) is 26.0 Å². The minimum Gasteiger partial charge on any atom is -0.481 e. The number of carbonyl (C=O) groups is 2. The molecule has 1 aliphatic rings. The summed E-state index contributed by atoms with van der Waals surface area (Å²) < 4.78 is 0. The molecule has 21 heavy (non-hydrogen) atoms. The molecule has 1 aromatic heterocycles. The van der Waals surface area contributed by atoms with Crippen LogP contribution in [-0.2, 0) is 11.3 Å². The van der Waals surface area contributed by atoms with E-state index >= 15 is 0 Å². The van der Waals surface area contributed by atoms with Crippen molar-refractivity contribution in [1.82, 2.24) is 15.2 Å². The summed E-state index contributed by atoms with van der Waals surface area (Å²) in [6, 6.07) is 3.63. The largest absolute Gasteiger partial charge is 0.481 e. The Labute approximate surface area is 124 Å². The first-order chi connectivity index (χ1) is 9.97. The van der Waals surface area contributed by atoms with E-state index in [-0.39, 0.29) is 18.0 Å². The number of carboxylic acids is 1. The van der Waals surface area contributed by atoms with E-state index in [4.69, 9.17) is 5.11 Å². The van der Waals surface area contributed by atoms with Gasteiger partial charge in [-0.25, -0.2) is 4.79 Å². The molecule has 0 spiro atoms. The van der Waals surface area contributed by atoms with Gasteiger partial charge in [-0.2, -0.15) is 0 Å². The first-order valence-electron chi connectivity index (χ1n) is 7.16. The molecule has 1 aliphatic heterocycles.